The molecule has 1 aromatic rings. The zero-order chi connectivity index (χ0) is 18.2. The summed E-state index contributed by atoms with van der Waals surface area (Å²) in [5.74, 6) is -0.660. The van der Waals surface area contributed by atoms with Crippen molar-refractivity contribution >= 4 is 17.3 Å². The number of benzene rings is 1. The molecule has 0 aromatic heterocycles. The average Bonchev–Trinajstić information content (AvgIpc) is 3.08. The first-order valence-corrected chi connectivity index (χ1v) is 7.62. The number of nitro groups is 1. The molecule has 1 aliphatic heterocycles. The van der Waals surface area contributed by atoms with Crippen LogP contribution >= 0.6 is 0 Å². The predicted molar refractivity (Wildman–Crippen MR) is 86.9 cm³/mol. The lowest BCUT2D eigenvalue weighted by molar-refractivity contribution is -0.386. The number of nitrogens with zero attached hydrogens (tertiary/aromatic N) is 2. The third-order valence-electron chi connectivity index (χ3n) is 3.34. The number of ether oxygens (including phenoxy) is 3. The van der Waals surface area contributed by atoms with Crippen molar-refractivity contribution in [2.24, 2.45) is 0 Å². The zero-order valence-corrected chi connectivity index (χ0v) is 13.6. The van der Waals surface area contributed by atoms with Crippen LogP contribution in [0.1, 0.15) is 13.3 Å². The fourth-order valence-corrected chi connectivity index (χ4v) is 2.14. The number of nitro benzene ring substituents is 1. The van der Waals surface area contributed by atoms with E-state index in [0.717, 1.165) is 0 Å². The second kappa shape index (κ2) is 8.65. The number of carbonyl (C=O) groups excluding carboxylic acids is 1. The summed E-state index contributed by atoms with van der Waals surface area (Å²) in [7, 11) is 0. The highest BCUT2D eigenvalue weighted by Crippen LogP contribution is 2.32. The first kappa shape index (κ1) is 18.2. The lowest BCUT2D eigenvalue weighted by Crippen LogP contribution is -2.16. The maximum atomic E-state index is 11.6. The number of anilines is 1. The van der Waals surface area contributed by atoms with Crippen molar-refractivity contribution in [3.8, 4) is 11.8 Å². The molecule has 1 atom stereocenters. The van der Waals surface area contributed by atoms with Crippen LogP contribution in [0.3, 0.4) is 0 Å². The smallest absolute Gasteiger partial charge is 0.350 e. The Morgan fingerprint density at radius 2 is 2.40 bits per heavy atom. The number of hydrogen-bond acceptors (Lipinski definition) is 8. The van der Waals surface area contributed by atoms with Crippen LogP contribution in [0.2, 0.25) is 0 Å². The van der Waals surface area contributed by atoms with Crippen LogP contribution in [0.25, 0.3) is 0 Å². The van der Waals surface area contributed by atoms with Gasteiger partial charge in [0.25, 0.3) is 0 Å². The quantitative estimate of drug-likeness (QED) is 0.261. The molecule has 9 nitrogen and oxygen atoms in total. The molecule has 0 radical (unpaired) electrons. The summed E-state index contributed by atoms with van der Waals surface area (Å²) in [6.07, 6.45) is 1.58. The lowest BCUT2D eigenvalue weighted by atomic mass is 10.2. The van der Waals surface area contributed by atoms with Gasteiger partial charge in [0.2, 0.25) is 0 Å². The van der Waals surface area contributed by atoms with Gasteiger partial charge < -0.3 is 19.5 Å². The minimum absolute atomic E-state index is 0.0912. The first-order chi connectivity index (χ1) is 12.0. The molecule has 0 amide bonds. The van der Waals surface area contributed by atoms with Crippen LogP contribution in [0, 0.1) is 21.4 Å². The van der Waals surface area contributed by atoms with E-state index in [1.807, 2.05) is 0 Å². The minimum Gasteiger partial charge on any atom is -0.481 e. The summed E-state index contributed by atoms with van der Waals surface area (Å²) >= 11 is 0. The van der Waals surface area contributed by atoms with Crippen LogP contribution in [-0.4, -0.2) is 36.8 Å². The highest BCUT2D eigenvalue weighted by Gasteiger charge is 2.23. The van der Waals surface area contributed by atoms with E-state index in [9.17, 15) is 14.9 Å². The number of rotatable bonds is 7. The zero-order valence-electron chi connectivity index (χ0n) is 13.6. The third kappa shape index (κ3) is 4.92. The summed E-state index contributed by atoms with van der Waals surface area (Å²) in [6.45, 7) is 2.70. The molecule has 1 heterocycles. The number of nitrogens with one attached hydrogen (secondary N) is 1. The first-order valence-electron chi connectivity index (χ1n) is 7.62. The van der Waals surface area contributed by atoms with E-state index in [0.29, 0.717) is 25.3 Å². The van der Waals surface area contributed by atoms with Gasteiger partial charge in [0, 0.05) is 30.4 Å². The third-order valence-corrected chi connectivity index (χ3v) is 3.34. The topological polar surface area (TPSA) is 124 Å². The minimum atomic E-state index is -0.751. The fourth-order valence-electron chi connectivity index (χ4n) is 2.14. The second-order valence-electron chi connectivity index (χ2n) is 5.08. The number of esters is 1. The van der Waals surface area contributed by atoms with Gasteiger partial charge in [-0.15, -0.1) is 0 Å². The molecule has 1 N–H and O–H groups in total. The second-order valence-corrected chi connectivity index (χ2v) is 5.08. The van der Waals surface area contributed by atoms with Gasteiger partial charge in [-0.05, 0) is 13.0 Å². The van der Waals surface area contributed by atoms with Crippen molar-refractivity contribution in [1.29, 1.82) is 5.26 Å². The van der Waals surface area contributed by atoms with E-state index >= 15 is 0 Å². The van der Waals surface area contributed by atoms with Gasteiger partial charge in [0.05, 0.1) is 24.7 Å². The van der Waals surface area contributed by atoms with E-state index < -0.39 is 10.9 Å². The van der Waals surface area contributed by atoms with Crippen LogP contribution in [0.15, 0.2) is 30.0 Å². The number of carbonyl (C=O) groups is 1. The molecule has 132 valence electrons. The Balaban J connectivity index is 2.19. The van der Waals surface area contributed by atoms with Gasteiger partial charge >= 0.3 is 11.7 Å². The van der Waals surface area contributed by atoms with Gasteiger partial charge in [-0.2, -0.15) is 5.26 Å². The molecule has 25 heavy (non-hydrogen) atoms. The summed E-state index contributed by atoms with van der Waals surface area (Å²) in [5.41, 5.74) is 0.0377. The highest BCUT2D eigenvalue weighted by atomic mass is 16.6. The molecule has 0 bridgehead atoms. The monoisotopic (exact) mass is 347 g/mol. The molecule has 2 rings (SSSR count). The Morgan fingerprint density at radius 1 is 1.60 bits per heavy atom. The molecule has 1 aliphatic rings. The van der Waals surface area contributed by atoms with Gasteiger partial charge in [-0.25, -0.2) is 4.79 Å². The molecule has 0 aliphatic carbocycles. The van der Waals surface area contributed by atoms with Crippen molar-refractivity contribution in [1.82, 2.24) is 0 Å². The van der Waals surface area contributed by atoms with Crippen LogP contribution in [0.5, 0.6) is 5.75 Å². The van der Waals surface area contributed by atoms with E-state index in [1.165, 1.54) is 24.4 Å². The Hall–Kier alpha value is -3.12. The Morgan fingerprint density at radius 3 is 3.00 bits per heavy atom. The van der Waals surface area contributed by atoms with Crippen molar-refractivity contribution < 1.29 is 23.9 Å². The molecule has 0 spiro atoms. The summed E-state index contributed by atoms with van der Waals surface area (Å²) in [4.78, 5) is 22.2. The Labute approximate surface area is 143 Å². The molecule has 1 fully saturated rings. The molecule has 1 unspecified atom stereocenters. The van der Waals surface area contributed by atoms with Gasteiger partial charge in [0.15, 0.2) is 11.3 Å². The number of nitriles is 1. The standard InChI is InChI=1S/C16H17N3O6/c1-2-24-16(20)11(8-17)9-18-12-3-4-14(19(21)22)15(7-12)25-13-5-6-23-10-13/h3-4,7,9,13,18H,2,5-6,10H2,1H3/b11-9+. The van der Waals surface area contributed by atoms with Crippen LogP contribution in [0.4, 0.5) is 11.4 Å². The van der Waals surface area contributed by atoms with E-state index in [-0.39, 0.29) is 29.7 Å². The van der Waals surface area contributed by atoms with Crippen molar-refractivity contribution in [3.05, 3.63) is 40.1 Å². The van der Waals surface area contributed by atoms with Crippen molar-refractivity contribution in [3.63, 3.8) is 0 Å². The largest absolute Gasteiger partial charge is 0.481 e. The van der Waals surface area contributed by atoms with Crippen LogP contribution < -0.4 is 10.1 Å². The molecular formula is C16H17N3O6. The lowest BCUT2D eigenvalue weighted by Gasteiger charge is -2.13. The van der Waals surface area contributed by atoms with Crippen molar-refractivity contribution in [2.45, 2.75) is 19.4 Å². The van der Waals surface area contributed by atoms with E-state index in [2.05, 4.69) is 5.32 Å². The Kier molecular flexibility index (Phi) is 6.31. The summed E-state index contributed by atoms with van der Waals surface area (Å²) in [6, 6.07) is 5.91. The number of hydrogen-bond donors (Lipinski definition) is 1. The molecule has 1 aromatic carbocycles. The highest BCUT2D eigenvalue weighted by molar-refractivity contribution is 5.93. The molecular weight excluding hydrogens is 330 g/mol. The summed E-state index contributed by atoms with van der Waals surface area (Å²) < 4.78 is 15.6. The van der Waals surface area contributed by atoms with Gasteiger partial charge in [-0.3, -0.25) is 10.1 Å². The molecule has 0 saturated carbocycles. The maximum Gasteiger partial charge on any atom is 0.350 e. The molecule has 1 saturated heterocycles. The van der Waals surface area contributed by atoms with E-state index in [4.69, 9.17) is 19.5 Å². The Bertz CT molecular complexity index is 719. The van der Waals surface area contributed by atoms with Crippen LogP contribution in [-0.2, 0) is 14.3 Å². The SMILES string of the molecule is CCOC(=O)/C(C#N)=C/Nc1ccc([N+](=O)[O-])c(OC2CCOC2)c1. The fraction of sp³-hybridized carbons (Fsp3) is 0.375. The normalized spacial score (nSPS) is 16.8. The summed E-state index contributed by atoms with van der Waals surface area (Å²) in [5, 5.41) is 22.9. The van der Waals surface area contributed by atoms with Gasteiger partial charge in [-0.1, -0.05) is 0 Å². The average molecular weight is 347 g/mol. The predicted octanol–water partition coefficient (Wildman–Crippen LogP) is 2.14. The maximum absolute atomic E-state index is 11.6. The van der Waals surface area contributed by atoms with Gasteiger partial charge in [0.1, 0.15) is 12.2 Å². The molecule has 9 heteroatoms. The van der Waals surface area contributed by atoms with Crippen molar-refractivity contribution in [2.75, 3.05) is 25.1 Å². The van der Waals surface area contributed by atoms with E-state index in [1.54, 1.807) is 13.0 Å².